The molecule has 5 saturated heterocycles. The van der Waals surface area contributed by atoms with Crippen molar-refractivity contribution in [2.24, 2.45) is 4.99 Å². The summed E-state index contributed by atoms with van der Waals surface area (Å²) in [4.78, 5) is 40.2. The van der Waals surface area contributed by atoms with Crippen molar-refractivity contribution in [3.05, 3.63) is 213 Å². The summed E-state index contributed by atoms with van der Waals surface area (Å²) in [6.07, 6.45) is 18.6. The van der Waals surface area contributed by atoms with Crippen LogP contribution in [0.4, 0.5) is 51.7 Å². The summed E-state index contributed by atoms with van der Waals surface area (Å²) >= 11 is 14.2. The number of aryl methyl sites for hydroxylation is 1. The Morgan fingerprint density at radius 3 is 1.05 bits per heavy atom. The molecule has 0 aliphatic carbocycles. The Hall–Kier alpha value is -11.8. The van der Waals surface area contributed by atoms with Crippen LogP contribution in [0, 0.1) is 6.92 Å². The van der Waals surface area contributed by atoms with Crippen molar-refractivity contribution >= 4 is 126 Å². The average Bonchev–Trinajstić information content (AvgIpc) is 1.74. The van der Waals surface area contributed by atoms with Gasteiger partial charge in [-0.3, -0.25) is 9.97 Å². The van der Waals surface area contributed by atoms with Gasteiger partial charge < -0.3 is 65.4 Å². The predicted molar refractivity (Wildman–Crippen MR) is 476 cm³/mol. The Balaban J connectivity index is 0.000000137. The average molecular weight is 1630 g/mol. The van der Waals surface area contributed by atoms with Crippen LogP contribution < -0.4 is 41.7 Å². The van der Waals surface area contributed by atoms with Crippen molar-refractivity contribution in [1.29, 1.82) is 0 Å². The Morgan fingerprint density at radius 2 is 0.735 bits per heavy atom. The number of hydrogen-bond acceptors (Lipinski definition) is 25. The van der Waals surface area contributed by atoms with E-state index in [1.165, 1.54) is 12.8 Å². The Kier molecular flexibility index (Phi) is 29.7. The number of fused-ring (bicyclic) bond motifs is 4. The van der Waals surface area contributed by atoms with E-state index in [0.717, 1.165) is 162 Å². The first kappa shape index (κ1) is 84.6. The van der Waals surface area contributed by atoms with E-state index in [4.69, 9.17) is 67.4 Å². The summed E-state index contributed by atoms with van der Waals surface area (Å²) < 4.78 is 35.9. The quantitative estimate of drug-likeness (QED) is 0.0428. The lowest BCUT2D eigenvalue weighted by Crippen LogP contribution is -2.46. The highest BCUT2D eigenvalue weighted by Gasteiger charge is 2.30. The smallest absolute Gasteiger partial charge is 0.182 e. The maximum absolute atomic E-state index is 5.91. The van der Waals surface area contributed by atoms with Gasteiger partial charge in [-0.25, -0.2) is 38.0 Å². The van der Waals surface area contributed by atoms with Crippen molar-refractivity contribution in [2.75, 3.05) is 107 Å². The molecule has 0 saturated carbocycles. The van der Waals surface area contributed by atoms with Gasteiger partial charge in [0.2, 0.25) is 0 Å². The third kappa shape index (κ3) is 23.5. The van der Waals surface area contributed by atoms with Gasteiger partial charge in [0.25, 0.3) is 0 Å². The Morgan fingerprint density at radius 1 is 0.427 bits per heavy atom. The van der Waals surface area contributed by atoms with Gasteiger partial charge in [0.1, 0.15) is 27.9 Å². The number of nitrogen functional groups attached to an aromatic ring is 2. The molecule has 15 heterocycles. The van der Waals surface area contributed by atoms with E-state index >= 15 is 0 Å². The fourth-order valence-electron chi connectivity index (χ4n) is 14.2. The second-order valence-electron chi connectivity index (χ2n) is 28.9. The highest BCUT2D eigenvalue weighted by atomic mass is 32.1. The van der Waals surface area contributed by atoms with E-state index < -0.39 is 0 Å². The van der Waals surface area contributed by atoms with Gasteiger partial charge in [0.15, 0.2) is 45.9 Å². The molecule has 31 heteroatoms. The number of morpholine rings is 4. The zero-order chi connectivity index (χ0) is 82.3. The summed E-state index contributed by atoms with van der Waals surface area (Å²) in [5.41, 5.74) is 24.2. The number of benzene rings is 3. The van der Waals surface area contributed by atoms with Gasteiger partial charge in [-0.2, -0.15) is 10.1 Å². The molecule has 0 spiro atoms. The number of ether oxygens (including phenoxy) is 5. The lowest BCUT2D eigenvalue weighted by Gasteiger charge is -2.36. The molecule has 0 bridgehead atoms. The second-order valence-corrected chi connectivity index (χ2v) is 29.7. The van der Waals surface area contributed by atoms with Crippen molar-refractivity contribution in [3.63, 3.8) is 0 Å². The summed E-state index contributed by atoms with van der Waals surface area (Å²) in [5.74, 6) is 6.65. The zero-order valence-electron chi connectivity index (χ0n) is 67.2. The molecule has 0 radical (unpaired) electrons. The molecule has 3 aromatic carbocycles. The number of rotatable bonds is 10. The van der Waals surface area contributed by atoms with Crippen LogP contribution in [0.5, 0.6) is 0 Å². The molecule has 18 rings (SSSR count). The minimum Gasteiger partial charge on any atom is -0.399 e. The van der Waals surface area contributed by atoms with Crippen LogP contribution in [0.15, 0.2) is 212 Å². The van der Waals surface area contributed by atoms with Crippen LogP contribution >= 0.6 is 36.7 Å². The summed E-state index contributed by atoms with van der Waals surface area (Å²) in [6.45, 7) is 30.5. The van der Waals surface area contributed by atoms with E-state index in [9.17, 15) is 0 Å². The molecular weight excluding hydrogens is 1530 g/mol. The standard InChI is InChI=1S/C24H25N7OS.C19H19N5OS.C18H21N5O.C13H18N4O.C5H6N2.C4H8O.C3H2S/c1-16-14-30(15-17(2)32-16)23-21-4-3-13-31(21)29-22(28-23)18-5-7-19(8-6-18)26-24(33)27-20-9-11-25-12-10-20;1-13-10-23(11-14(2)25-13)19-17-4-3-9-24(17)22-18(21-19)15-5-7-16(8-6-15)20-12-26;1-12-10-22(11-13(2)24-12)18-16-4-3-9-23(16)21-17(20-18)14-5-7-15(19)8-6-14;1-9-7-16(8-10(2)18-9)13-12-5-4-6-17(12)15-11(3)14-13;6-5-1-3-7-4-2-5;1-2-4-5-3-1;1-2-3-4/h3-13,16-17H,14-15H2,1-2H3,(H2,25,26,27,33);3-9,13-14H,10-11H2,1-2H3;3-9,12-13H,10-11,19H2,1-2H3;4-6,9-10H,7-8H2,1-3H3;1-4H,(H2,6,7);1-4H2;1H2/t16-,17+;13-,14+;12-,13+;9-,10+;;;. The number of aromatic nitrogens is 14. The summed E-state index contributed by atoms with van der Waals surface area (Å²) in [7, 11) is 0. The number of hydrogen-bond donors (Lipinski definition) is 4. The van der Waals surface area contributed by atoms with Gasteiger partial charge >= 0.3 is 0 Å². The van der Waals surface area contributed by atoms with E-state index in [-0.39, 0.29) is 48.8 Å². The summed E-state index contributed by atoms with van der Waals surface area (Å²) in [6, 6.07) is 46.6. The first-order chi connectivity index (χ1) is 56.7. The molecule has 0 amide bonds. The van der Waals surface area contributed by atoms with Gasteiger partial charge in [0, 0.05) is 160 Å². The maximum Gasteiger partial charge on any atom is 0.182 e. The molecule has 0 unspecified atom stereocenters. The van der Waals surface area contributed by atoms with Crippen LogP contribution in [0.2, 0.25) is 0 Å². The molecule has 6 N–H and O–H groups in total. The predicted octanol–water partition coefficient (Wildman–Crippen LogP) is 14.6. The molecule has 117 heavy (non-hydrogen) atoms. The lowest BCUT2D eigenvalue weighted by molar-refractivity contribution is -0.00566. The number of pyridine rings is 2. The SMILES string of the molecule is C1CCOC1.C=C=C=S.C[C@@H]1CN(c2nc(-c3ccc(N)cc3)nn3cccc23)C[C@H](C)O1.C[C@@H]1CN(c2nc(-c3ccc(N=C=S)cc3)nn3cccc23)C[C@H](C)O1.C[C@@H]1CN(c2nc(-c3ccc(NC(=S)Nc4ccncc4)cc3)nn3cccc23)C[C@H](C)O1.Cc1nc(N2C[C@@H](C)O[C@@H](C)C2)c2cccn2n1.Nc1ccncc1. The molecule has 8 atom stereocenters. The van der Waals surface area contributed by atoms with Crippen LogP contribution in [-0.4, -0.2) is 198 Å². The van der Waals surface area contributed by atoms with E-state index in [2.05, 4.69) is 174 Å². The Bertz CT molecular complexity index is 5450. The number of nitrogens with one attached hydrogen (secondary N) is 2. The van der Waals surface area contributed by atoms with Crippen molar-refractivity contribution in [1.82, 2.24) is 68.4 Å². The molecular formula is C86H99N23O5S3. The first-order valence-electron chi connectivity index (χ1n) is 39.0. The van der Waals surface area contributed by atoms with Gasteiger partial charge in [0.05, 0.1) is 59.7 Å². The minimum absolute atomic E-state index is 0.150. The zero-order valence-corrected chi connectivity index (χ0v) is 69.7. The topological polar surface area (TPSA) is 294 Å². The van der Waals surface area contributed by atoms with Crippen LogP contribution in [0.3, 0.4) is 0 Å². The van der Waals surface area contributed by atoms with Crippen molar-refractivity contribution < 1.29 is 23.7 Å². The van der Waals surface area contributed by atoms with Gasteiger partial charge in [-0.05, 0) is 264 Å². The largest absolute Gasteiger partial charge is 0.399 e. The first-order valence-corrected chi connectivity index (χ1v) is 40.2. The molecule has 10 aromatic heterocycles. The van der Waals surface area contributed by atoms with Crippen molar-refractivity contribution in [3.8, 4) is 34.2 Å². The van der Waals surface area contributed by atoms with E-state index in [1.54, 1.807) is 36.9 Å². The van der Waals surface area contributed by atoms with Gasteiger partial charge in [-0.1, -0.05) is 5.73 Å². The number of nitrogens with zero attached hydrogens (tertiary/aromatic N) is 19. The number of aliphatic imine (C=N–C) groups is 1. The lowest BCUT2D eigenvalue weighted by atomic mass is 10.2. The minimum atomic E-state index is 0.150. The highest BCUT2D eigenvalue weighted by molar-refractivity contribution is 7.80. The maximum atomic E-state index is 5.91. The monoisotopic (exact) mass is 1630 g/mol. The number of nitrogens with two attached hydrogens (primary N) is 2. The molecule has 13 aromatic rings. The molecule has 5 aliphatic heterocycles. The normalized spacial score (nSPS) is 19.5. The molecule has 28 nitrogen and oxygen atoms in total. The number of anilines is 8. The van der Waals surface area contributed by atoms with Crippen LogP contribution in [0.1, 0.15) is 74.1 Å². The molecule has 606 valence electrons. The fourth-order valence-corrected chi connectivity index (χ4v) is 14.5. The number of isothiocyanates is 1. The van der Waals surface area contributed by atoms with Crippen LogP contribution in [-0.2, 0) is 23.7 Å². The Labute approximate surface area is 697 Å². The third-order valence-electron chi connectivity index (χ3n) is 18.9. The number of thiocarbonyl (C=S) groups is 3. The van der Waals surface area contributed by atoms with Gasteiger partial charge in [-0.15, -0.1) is 15.3 Å². The van der Waals surface area contributed by atoms with E-state index in [1.807, 2.05) is 177 Å². The molecule has 5 fully saturated rings. The van der Waals surface area contributed by atoms with E-state index in [0.29, 0.717) is 22.6 Å². The van der Waals surface area contributed by atoms with Crippen molar-refractivity contribution in [2.45, 2.75) is 124 Å². The third-order valence-corrected chi connectivity index (χ3v) is 19.3. The fraction of sp³-hybridized carbons (Fsp3) is 0.337. The molecule has 5 aliphatic rings. The second kappa shape index (κ2) is 41.1. The summed E-state index contributed by atoms with van der Waals surface area (Å²) in [5, 5.41) is 29.8. The highest BCUT2D eigenvalue weighted by Crippen LogP contribution is 2.32. The van der Waals surface area contributed by atoms with Crippen LogP contribution in [0.25, 0.3) is 56.2 Å².